The fourth-order valence-corrected chi connectivity index (χ4v) is 3.13. The average molecular weight is 385 g/mol. The summed E-state index contributed by atoms with van der Waals surface area (Å²) in [6.45, 7) is 2.45. The summed E-state index contributed by atoms with van der Waals surface area (Å²) in [5.41, 5.74) is 3.03. The van der Waals surface area contributed by atoms with Crippen LogP contribution in [0.2, 0.25) is 5.02 Å². The zero-order chi connectivity index (χ0) is 18.5. The molecule has 2 N–H and O–H groups in total. The van der Waals surface area contributed by atoms with E-state index in [9.17, 15) is 9.59 Å². The third-order valence-electron chi connectivity index (χ3n) is 3.80. The van der Waals surface area contributed by atoms with E-state index in [4.69, 9.17) is 11.6 Å². The summed E-state index contributed by atoms with van der Waals surface area (Å²) >= 11 is 7.49. The second kappa shape index (κ2) is 8.17. The fraction of sp³-hybridized carbons (Fsp3) is 0.100. The van der Waals surface area contributed by atoms with Gasteiger partial charge in [-0.3, -0.25) is 9.59 Å². The van der Waals surface area contributed by atoms with Gasteiger partial charge in [-0.15, -0.1) is 11.3 Å². The van der Waals surface area contributed by atoms with Crippen LogP contribution in [0, 0.1) is 6.92 Å². The maximum Gasteiger partial charge on any atom is 0.265 e. The number of halogens is 1. The van der Waals surface area contributed by atoms with Gasteiger partial charge in [0.25, 0.3) is 11.8 Å². The minimum atomic E-state index is -0.251. The van der Waals surface area contributed by atoms with Gasteiger partial charge in [0.1, 0.15) is 0 Å². The molecule has 132 valence electrons. The van der Waals surface area contributed by atoms with E-state index < -0.39 is 0 Å². The zero-order valence-corrected chi connectivity index (χ0v) is 15.7. The quantitative estimate of drug-likeness (QED) is 0.657. The van der Waals surface area contributed by atoms with E-state index in [-0.39, 0.29) is 11.8 Å². The molecule has 0 saturated carbocycles. The summed E-state index contributed by atoms with van der Waals surface area (Å²) in [6, 6.07) is 16.3. The van der Waals surface area contributed by atoms with Crippen LogP contribution in [-0.4, -0.2) is 11.8 Å². The third kappa shape index (κ3) is 4.50. The molecule has 26 heavy (non-hydrogen) atoms. The van der Waals surface area contributed by atoms with Gasteiger partial charge in [0.15, 0.2) is 0 Å². The number of aryl methyl sites for hydroxylation is 1. The summed E-state index contributed by atoms with van der Waals surface area (Å²) in [5.74, 6) is -0.479. The summed E-state index contributed by atoms with van der Waals surface area (Å²) < 4.78 is 0. The van der Waals surface area contributed by atoms with Gasteiger partial charge in [-0.2, -0.15) is 0 Å². The third-order valence-corrected chi connectivity index (χ3v) is 4.99. The van der Waals surface area contributed by atoms with Crippen molar-refractivity contribution in [2.75, 3.05) is 5.32 Å². The molecular formula is C20H17ClN2O2S. The van der Waals surface area contributed by atoms with Crippen molar-refractivity contribution < 1.29 is 9.59 Å². The van der Waals surface area contributed by atoms with Crippen molar-refractivity contribution in [1.82, 2.24) is 5.32 Å². The van der Waals surface area contributed by atoms with E-state index in [0.29, 0.717) is 27.7 Å². The van der Waals surface area contributed by atoms with Crippen molar-refractivity contribution in [2.24, 2.45) is 0 Å². The maximum atomic E-state index is 12.4. The predicted octanol–water partition coefficient (Wildman–Crippen LogP) is 4.89. The Hall–Kier alpha value is -2.63. The lowest BCUT2D eigenvalue weighted by atomic mass is 10.1. The van der Waals surface area contributed by atoms with Crippen molar-refractivity contribution in [3.63, 3.8) is 0 Å². The van der Waals surface area contributed by atoms with Crippen LogP contribution in [0.4, 0.5) is 5.69 Å². The Morgan fingerprint density at radius 3 is 2.50 bits per heavy atom. The Labute approximate surface area is 160 Å². The Kier molecular flexibility index (Phi) is 5.71. The molecule has 0 unspecified atom stereocenters. The molecule has 0 saturated heterocycles. The number of amides is 2. The molecule has 0 aliphatic carbocycles. The maximum absolute atomic E-state index is 12.4. The SMILES string of the molecule is Cc1ccc(CNC(=O)c2ccc(Cl)c(NC(=O)c3cccs3)c2)cc1. The summed E-state index contributed by atoms with van der Waals surface area (Å²) in [5, 5.41) is 7.82. The summed E-state index contributed by atoms with van der Waals surface area (Å²) in [4.78, 5) is 25.2. The van der Waals surface area contributed by atoms with Gasteiger partial charge in [-0.1, -0.05) is 47.5 Å². The minimum absolute atomic E-state index is 0.228. The molecule has 1 aromatic heterocycles. The van der Waals surface area contributed by atoms with Crippen molar-refractivity contribution in [3.8, 4) is 0 Å². The number of anilines is 1. The number of benzene rings is 2. The highest BCUT2D eigenvalue weighted by Crippen LogP contribution is 2.24. The number of hydrogen-bond acceptors (Lipinski definition) is 3. The van der Waals surface area contributed by atoms with Crippen LogP contribution < -0.4 is 10.6 Å². The average Bonchev–Trinajstić information content (AvgIpc) is 3.17. The topological polar surface area (TPSA) is 58.2 Å². The Bertz CT molecular complexity index is 921. The number of thiophene rings is 1. The fourth-order valence-electron chi connectivity index (χ4n) is 2.34. The predicted molar refractivity (Wildman–Crippen MR) is 106 cm³/mol. The van der Waals surface area contributed by atoms with Gasteiger partial charge >= 0.3 is 0 Å². The molecule has 3 rings (SSSR count). The standard InChI is InChI=1S/C20H17ClN2O2S/c1-13-4-6-14(7-5-13)12-22-19(24)15-8-9-16(21)17(11-15)23-20(25)18-3-2-10-26-18/h2-11H,12H2,1H3,(H,22,24)(H,23,25). The number of hydrogen-bond donors (Lipinski definition) is 2. The molecule has 1 heterocycles. The van der Waals surface area contributed by atoms with Gasteiger partial charge in [-0.25, -0.2) is 0 Å². The molecule has 0 fully saturated rings. The first-order chi connectivity index (χ1) is 12.5. The van der Waals surface area contributed by atoms with Crippen molar-refractivity contribution in [3.05, 3.63) is 86.6 Å². The lowest BCUT2D eigenvalue weighted by molar-refractivity contribution is 0.0949. The van der Waals surface area contributed by atoms with Crippen molar-refractivity contribution in [2.45, 2.75) is 13.5 Å². The van der Waals surface area contributed by atoms with E-state index in [1.54, 1.807) is 30.3 Å². The molecule has 0 bridgehead atoms. The largest absolute Gasteiger partial charge is 0.348 e. The molecule has 0 aliphatic rings. The number of carbonyl (C=O) groups excluding carboxylic acids is 2. The normalized spacial score (nSPS) is 10.4. The molecule has 3 aromatic rings. The van der Waals surface area contributed by atoms with Gasteiger partial charge < -0.3 is 10.6 Å². The molecule has 0 radical (unpaired) electrons. The first kappa shape index (κ1) is 18.2. The van der Waals surface area contributed by atoms with Crippen LogP contribution in [0.5, 0.6) is 0 Å². The molecule has 6 heteroatoms. The monoisotopic (exact) mass is 384 g/mol. The molecule has 2 amide bonds. The molecule has 4 nitrogen and oxygen atoms in total. The molecular weight excluding hydrogens is 368 g/mol. The highest BCUT2D eigenvalue weighted by Gasteiger charge is 2.13. The van der Waals surface area contributed by atoms with Gasteiger partial charge in [0.2, 0.25) is 0 Å². The molecule has 0 spiro atoms. The van der Waals surface area contributed by atoms with E-state index in [2.05, 4.69) is 10.6 Å². The second-order valence-corrected chi connectivity index (χ2v) is 7.15. The van der Waals surface area contributed by atoms with E-state index in [1.165, 1.54) is 16.9 Å². The van der Waals surface area contributed by atoms with Crippen LogP contribution >= 0.6 is 22.9 Å². The van der Waals surface area contributed by atoms with E-state index >= 15 is 0 Å². The first-order valence-corrected chi connectivity index (χ1v) is 9.27. The zero-order valence-electron chi connectivity index (χ0n) is 14.1. The number of carbonyl (C=O) groups is 2. The van der Waals surface area contributed by atoms with Crippen LogP contribution in [0.25, 0.3) is 0 Å². The Balaban J connectivity index is 1.68. The Morgan fingerprint density at radius 1 is 1.04 bits per heavy atom. The Morgan fingerprint density at radius 2 is 1.81 bits per heavy atom. The van der Waals surface area contributed by atoms with Crippen molar-refractivity contribution in [1.29, 1.82) is 0 Å². The van der Waals surface area contributed by atoms with Crippen LogP contribution in [-0.2, 0) is 6.54 Å². The van der Waals surface area contributed by atoms with E-state index in [1.807, 2.05) is 36.6 Å². The van der Waals surface area contributed by atoms with Crippen molar-refractivity contribution >= 4 is 40.4 Å². The smallest absolute Gasteiger partial charge is 0.265 e. The van der Waals surface area contributed by atoms with Crippen LogP contribution in [0.3, 0.4) is 0 Å². The summed E-state index contributed by atoms with van der Waals surface area (Å²) in [6.07, 6.45) is 0. The highest BCUT2D eigenvalue weighted by atomic mass is 35.5. The lowest BCUT2D eigenvalue weighted by Gasteiger charge is -2.10. The number of nitrogens with one attached hydrogen (secondary N) is 2. The second-order valence-electron chi connectivity index (χ2n) is 5.79. The van der Waals surface area contributed by atoms with Crippen LogP contribution in [0.15, 0.2) is 60.0 Å². The van der Waals surface area contributed by atoms with Gasteiger partial charge in [-0.05, 0) is 42.1 Å². The minimum Gasteiger partial charge on any atom is -0.348 e. The van der Waals surface area contributed by atoms with Gasteiger partial charge in [0.05, 0.1) is 15.6 Å². The first-order valence-electron chi connectivity index (χ1n) is 8.01. The van der Waals surface area contributed by atoms with Gasteiger partial charge in [0, 0.05) is 12.1 Å². The molecule has 0 atom stereocenters. The number of rotatable bonds is 5. The van der Waals surface area contributed by atoms with E-state index in [0.717, 1.165) is 5.56 Å². The highest BCUT2D eigenvalue weighted by molar-refractivity contribution is 7.12. The summed E-state index contributed by atoms with van der Waals surface area (Å²) in [7, 11) is 0. The molecule has 0 aliphatic heterocycles. The van der Waals surface area contributed by atoms with Crippen LogP contribution in [0.1, 0.15) is 31.2 Å². The lowest BCUT2D eigenvalue weighted by Crippen LogP contribution is -2.23. The molecule has 2 aromatic carbocycles.